The topological polar surface area (TPSA) is 215 Å². The molecule has 2 aliphatic rings. The van der Waals surface area contributed by atoms with Gasteiger partial charge in [-0.25, -0.2) is 14.4 Å². The Kier molecular flexibility index (Phi) is 8.71. The SMILES string of the molecule is CC(C)(C)OC(=O)N=C(NCCc1nnc([C@@H]2CC[C@@H]3CN2C(=O)N3OS(=O)(=O)O)o1)NC(=O)OC(C)(C)C. The van der Waals surface area contributed by atoms with Gasteiger partial charge in [-0.15, -0.1) is 19.5 Å². The minimum Gasteiger partial charge on any atom is -0.444 e. The molecule has 2 fully saturated rings. The molecule has 2 atom stereocenters. The van der Waals surface area contributed by atoms with Crippen molar-refractivity contribution >= 4 is 34.6 Å². The van der Waals surface area contributed by atoms with Crippen molar-refractivity contribution < 1.29 is 45.5 Å². The van der Waals surface area contributed by atoms with E-state index in [-0.39, 0.29) is 37.3 Å². The Labute approximate surface area is 225 Å². The van der Waals surface area contributed by atoms with Gasteiger partial charge in [-0.05, 0) is 54.4 Å². The Morgan fingerprint density at radius 3 is 2.41 bits per heavy atom. The van der Waals surface area contributed by atoms with Gasteiger partial charge in [0.25, 0.3) is 0 Å². The number of alkyl carbamates (subject to hydrolysis) is 1. The molecule has 0 unspecified atom stereocenters. The number of piperidine rings is 1. The van der Waals surface area contributed by atoms with Gasteiger partial charge in [0, 0.05) is 19.5 Å². The molecule has 0 saturated carbocycles. The number of ether oxygens (including phenoxy) is 2. The number of hydroxylamine groups is 2. The van der Waals surface area contributed by atoms with Crippen LogP contribution in [-0.4, -0.2) is 87.6 Å². The molecule has 18 heteroatoms. The second-order valence-corrected chi connectivity index (χ2v) is 11.8. The van der Waals surface area contributed by atoms with E-state index in [0.717, 1.165) is 0 Å². The number of rotatable bonds is 6. The molecule has 3 N–H and O–H groups in total. The lowest BCUT2D eigenvalue weighted by atomic mass is 10.0. The highest BCUT2D eigenvalue weighted by Gasteiger charge is 2.49. The van der Waals surface area contributed by atoms with Crippen LogP contribution in [0.3, 0.4) is 0 Å². The predicted molar refractivity (Wildman–Crippen MR) is 131 cm³/mol. The summed E-state index contributed by atoms with van der Waals surface area (Å²) < 4.78 is 51.6. The summed E-state index contributed by atoms with van der Waals surface area (Å²) in [5.74, 6) is 0.115. The van der Waals surface area contributed by atoms with Crippen LogP contribution in [-0.2, 0) is 30.6 Å². The Morgan fingerprint density at radius 1 is 1.13 bits per heavy atom. The van der Waals surface area contributed by atoms with Crippen molar-refractivity contribution in [3.63, 3.8) is 0 Å². The average molecular weight is 576 g/mol. The van der Waals surface area contributed by atoms with Crippen LogP contribution in [0.15, 0.2) is 9.41 Å². The van der Waals surface area contributed by atoms with E-state index in [0.29, 0.717) is 17.9 Å². The fourth-order valence-corrected chi connectivity index (χ4v) is 4.15. The lowest BCUT2D eigenvalue weighted by Crippen LogP contribution is -2.44. The number of aromatic nitrogens is 2. The molecule has 0 aliphatic carbocycles. The fraction of sp³-hybridized carbons (Fsp3) is 0.714. The van der Waals surface area contributed by atoms with Crippen molar-refractivity contribution in [2.45, 2.75) is 84.1 Å². The Morgan fingerprint density at radius 2 is 1.79 bits per heavy atom. The number of fused-ring (bicyclic) bond motifs is 2. The standard InChI is InChI=1S/C21H33N7O10S/c1-20(2,3)36-17(29)23-16(24-18(30)37-21(4,5)6)22-10-9-14-25-26-15(35-14)13-8-7-12-11-27(13)19(31)28(12)38-39(32,33)34/h12-13H,7-11H2,1-6H3,(H,32,33,34)(H2,22,23,24,29,30)/t12-,13+/m1/s1. The Bertz CT molecular complexity index is 1220. The van der Waals surface area contributed by atoms with Gasteiger partial charge < -0.3 is 24.1 Å². The van der Waals surface area contributed by atoms with Crippen molar-refractivity contribution in [2.75, 3.05) is 13.1 Å². The van der Waals surface area contributed by atoms with Gasteiger partial charge >= 0.3 is 28.6 Å². The summed E-state index contributed by atoms with van der Waals surface area (Å²) in [5, 5.41) is 13.8. The normalized spacial score (nSPS) is 20.2. The summed E-state index contributed by atoms with van der Waals surface area (Å²) in [6, 6.07) is -1.92. The van der Waals surface area contributed by atoms with Crippen molar-refractivity contribution in [1.82, 2.24) is 30.8 Å². The highest BCUT2D eigenvalue weighted by Crippen LogP contribution is 2.38. The summed E-state index contributed by atoms with van der Waals surface area (Å²) in [6.07, 6.45) is -0.844. The van der Waals surface area contributed by atoms with Gasteiger partial charge in [0.05, 0.1) is 6.04 Å². The van der Waals surface area contributed by atoms with Gasteiger partial charge in [-0.1, -0.05) is 0 Å². The van der Waals surface area contributed by atoms with E-state index in [2.05, 4.69) is 30.1 Å². The van der Waals surface area contributed by atoms with Crippen LogP contribution in [0.5, 0.6) is 0 Å². The number of aliphatic imine (C=N–C) groups is 1. The van der Waals surface area contributed by atoms with E-state index in [1.54, 1.807) is 41.5 Å². The third kappa shape index (κ3) is 9.03. The highest BCUT2D eigenvalue weighted by atomic mass is 32.3. The number of amides is 4. The first-order valence-electron chi connectivity index (χ1n) is 12.0. The van der Waals surface area contributed by atoms with Crippen LogP contribution in [0, 0.1) is 0 Å². The van der Waals surface area contributed by atoms with Crippen molar-refractivity contribution in [3.05, 3.63) is 11.8 Å². The molecule has 0 radical (unpaired) electrons. The summed E-state index contributed by atoms with van der Waals surface area (Å²) in [6.45, 7) is 10.3. The molecule has 0 aromatic carbocycles. The van der Waals surface area contributed by atoms with E-state index in [1.807, 2.05) is 0 Å². The first kappa shape index (κ1) is 30.0. The maximum Gasteiger partial charge on any atom is 0.437 e. The first-order valence-corrected chi connectivity index (χ1v) is 13.4. The monoisotopic (exact) mass is 575 g/mol. The average Bonchev–Trinajstić information content (AvgIpc) is 3.29. The van der Waals surface area contributed by atoms with Gasteiger partial charge in [0.1, 0.15) is 17.2 Å². The second kappa shape index (κ2) is 11.3. The predicted octanol–water partition coefficient (Wildman–Crippen LogP) is 1.69. The van der Waals surface area contributed by atoms with E-state index in [4.69, 9.17) is 18.4 Å². The molecular formula is C21H33N7O10S. The minimum atomic E-state index is -4.86. The summed E-state index contributed by atoms with van der Waals surface area (Å²) in [7, 11) is -4.86. The molecule has 4 amide bonds. The Balaban J connectivity index is 1.62. The molecule has 17 nitrogen and oxygen atoms in total. The van der Waals surface area contributed by atoms with Crippen LogP contribution in [0.2, 0.25) is 0 Å². The molecule has 2 bridgehead atoms. The molecule has 2 saturated heterocycles. The molecule has 1 aromatic rings. The summed E-state index contributed by atoms with van der Waals surface area (Å²) in [4.78, 5) is 42.0. The molecule has 3 rings (SSSR count). The highest BCUT2D eigenvalue weighted by molar-refractivity contribution is 7.80. The van der Waals surface area contributed by atoms with Crippen molar-refractivity contribution in [2.24, 2.45) is 4.99 Å². The summed E-state index contributed by atoms with van der Waals surface area (Å²) >= 11 is 0. The molecule has 39 heavy (non-hydrogen) atoms. The molecule has 0 spiro atoms. The number of hydrogen-bond donors (Lipinski definition) is 3. The maximum absolute atomic E-state index is 12.6. The Hall–Kier alpha value is -3.51. The summed E-state index contributed by atoms with van der Waals surface area (Å²) in [5.41, 5.74) is -1.59. The first-order chi connectivity index (χ1) is 17.9. The second-order valence-electron chi connectivity index (χ2n) is 10.8. The van der Waals surface area contributed by atoms with Gasteiger partial charge in [0.15, 0.2) is 0 Å². The van der Waals surface area contributed by atoms with Gasteiger partial charge in [0.2, 0.25) is 17.7 Å². The smallest absolute Gasteiger partial charge is 0.437 e. The van der Waals surface area contributed by atoms with Crippen molar-refractivity contribution in [1.29, 1.82) is 0 Å². The minimum absolute atomic E-state index is 0.102. The molecule has 218 valence electrons. The molecule has 2 aliphatic heterocycles. The number of guanidine groups is 1. The van der Waals surface area contributed by atoms with Gasteiger partial charge in [-0.2, -0.15) is 13.5 Å². The molecular weight excluding hydrogens is 542 g/mol. The van der Waals surface area contributed by atoms with Crippen LogP contribution < -0.4 is 10.6 Å². The van der Waals surface area contributed by atoms with Crippen LogP contribution in [0.25, 0.3) is 0 Å². The number of nitrogens with zero attached hydrogens (tertiary/aromatic N) is 5. The number of hydrogen-bond acceptors (Lipinski definition) is 11. The van der Waals surface area contributed by atoms with Crippen LogP contribution in [0.1, 0.15) is 72.2 Å². The lowest BCUT2D eigenvalue weighted by Gasteiger charge is -2.27. The zero-order chi connectivity index (χ0) is 29.2. The number of carbonyl (C=O) groups is 3. The van der Waals surface area contributed by atoms with Gasteiger partial charge in [-0.3, -0.25) is 9.87 Å². The zero-order valence-electron chi connectivity index (χ0n) is 22.5. The van der Waals surface area contributed by atoms with Crippen molar-refractivity contribution in [3.8, 4) is 0 Å². The fourth-order valence-electron chi connectivity index (χ4n) is 3.77. The van der Waals surface area contributed by atoms with E-state index in [1.165, 1.54) is 4.90 Å². The number of carbonyl (C=O) groups excluding carboxylic acids is 3. The van der Waals surface area contributed by atoms with Crippen LogP contribution >= 0.6 is 0 Å². The number of nitrogens with one attached hydrogen (secondary N) is 2. The quantitative estimate of drug-likeness (QED) is 0.250. The van der Waals surface area contributed by atoms with Crippen LogP contribution in [0.4, 0.5) is 14.4 Å². The maximum atomic E-state index is 12.6. The largest absolute Gasteiger partial charge is 0.444 e. The number of urea groups is 1. The van der Waals surface area contributed by atoms with E-state index in [9.17, 15) is 22.8 Å². The lowest BCUT2D eigenvalue weighted by molar-refractivity contribution is -0.0317. The third-order valence-electron chi connectivity index (χ3n) is 5.11. The van der Waals surface area contributed by atoms with E-state index < -0.39 is 51.9 Å². The molecule has 1 aromatic heterocycles. The van der Waals surface area contributed by atoms with E-state index >= 15 is 0 Å². The third-order valence-corrected chi connectivity index (χ3v) is 5.46. The zero-order valence-corrected chi connectivity index (χ0v) is 23.3. The molecule has 3 heterocycles.